The lowest BCUT2D eigenvalue weighted by Crippen LogP contribution is -2.31. The first-order chi connectivity index (χ1) is 10.7. The van der Waals surface area contributed by atoms with E-state index in [0.29, 0.717) is 0 Å². The molecule has 2 aromatic heterocycles. The second-order valence-corrected chi connectivity index (χ2v) is 5.48. The maximum Gasteiger partial charge on any atom is 0.0993 e. The van der Waals surface area contributed by atoms with Crippen LogP contribution >= 0.6 is 0 Å². The largest absolute Gasteiger partial charge is 0.384 e. The summed E-state index contributed by atoms with van der Waals surface area (Å²) < 4.78 is 0. The highest BCUT2D eigenvalue weighted by Crippen LogP contribution is 2.40. The molecule has 0 aliphatic carbocycles. The fourth-order valence-electron chi connectivity index (χ4n) is 2.83. The lowest BCUT2D eigenvalue weighted by Gasteiger charge is -2.33. The van der Waals surface area contributed by atoms with Gasteiger partial charge in [-0.15, -0.1) is 0 Å². The number of hydrogen-bond acceptors (Lipinski definition) is 3. The van der Waals surface area contributed by atoms with Gasteiger partial charge in [0.25, 0.3) is 0 Å². The number of aliphatic hydroxyl groups is 1. The zero-order valence-electron chi connectivity index (χ0n) is 12.4. The molecule has 2 heterocycles. The van der Waals surface area contributed by atoms with Crippen LogP contribution in [-0.4, -0.2) is 15.1 Å². The third-order valence-corrected chi connectivity index (χ3v) is 3.94. The fourth-order valence-corrected chi connectivity index (χ4v) is 2.83. The summed E-state index contributed by atoms with van der Waals surface area (Å²) in [6.07, 6.45) is 5.16. The lowest BCUT2D eigenvalue weighted by molar-refractivity contribution is 0.0379. The Morgan fingerprint density at radius 3 is 2.18 bits per heavy atom. The molecule has 110 valence electrons. The average Bonchev–Trinajstić information content (AvgIpc) is 2.58. The van der Waals surface area contributed by atoms with Crippen molar-refractivity contribution in [2.75, 3.05) is 0 Å². The first-order valence-corrected chi connectivity index (χ1v) is 7.28. The van der Waals surface area contributed by atoms with E-state index in [1.165, 1.54) is 0 Å². The van der Waals surface area contributed by atoms with Crippen molar-refractivity contribution in [3.8, 4) is 0 Å². The number of pyridine rings is 2. The van der Waals surface area contributed by atoms with Gasteiger partial charge in [-0.1, -0.05) is 36.4 Å². The number of aromatic nitrogens is 2. The van der Waals surface area contributed by atoms with E-state index in [-0.39, 0.29) is 5.92 Å². The Morgan fingerprint density at radius 2 is 1.55 bits per heavy atom. The van der Waals surface area contributed by atoms with E-state index in [9.17, 15) is 5.11 Å². The standard InChI is InChI=1S/C19H18N2O/c1-19(22,16-10-13-20-14-11-16)18(15-7-3-2-4-8-15)17-9-5-6-12-21-17/h2-14,18,22H,1H3/t18-,19-/m0/s1. The maximum atomic E-state index is 11.3. The van der Waals surface area contributed by atoms with Gasteiger partial charge in [-0.05, 0) is 42.3 Å². The van der Waals surface area contributed by atoms with E-state index in [1.807, 2.05) is 67.6 Å². The minimum atomic E-state index is -1.08. The summed E-state index contributed by atoms with van der Waals surface area (Å²) in [4.78, 5) is 8.51. The molecule has 0 unspecified atom stereocenters. The molecule has 0 aliphatic rings. The van der Waals surface area contributed by atoms with E-state index in [1.54, 1.807) is 18.6 Å². The van der Waals surface area contributed by atoms with Gasteiger partial charge >= 0.3 is 0 Å². The third-order valence-electron chi connectivity index (χ3n) is 3.94. The second-order valence-electron chi connectivity index (χ2n) is 5.48. The summed E-state index contributed by atoms with van der Waals surface area (Å²) in [7, 11) is 0. The highest BCUT2D eigenvalue weighted by molar-refractivity contribution is 5.36. The normalized spacial score (nSPS) is 15.0. The average molecular weight is 290 g/mol. The van der Waals surface area contributed by atoms with E-state index in [0.717, 1.165) is 16.8 Å². The van der Waals surface area contributed by atoms with Gasteiger partial charge in [-0.2, -0.15) is 0 Å². The molecule has 2 atom stereocenters. The van der Waals surface area contributed by atoms with Gasteiger partial charge < -0.3 is 5.11 Å². The Bertz CT molecular complexity index is 673. The second kappa shape index (κ2) is 6.08. The van der Waals surface area contributed by atoms with Crippen LogP contribution < -0.4 is 0 Å². The monoisotopic (exact) mass is 290 g/mol. The SMILES string of the molecule is C[C@](O)(c1ccncc1)[C@@H](c1ccccc1)c1ccccn1. The predicted octanol–water partition coefficient (Wildman–Crippen LogP) is 3.52. The van der Waals surface area contributed by atoms with Gasteiger partial charge in [-0.3, -0.25) is 9.97 Å². The van der Waals surface area contributed by atoms with Crippen LogP contribution in [0.2, 0.25) is 0 Å². The highest BCUT2D eigenvalue weighted by atomic mass is 16.3. The molecular formula is C19H18N2O. The van der Waals surface area contributed by atoms with Crippen LogP contribution in [0.15, 0.2) is 79.3 Å². The molecule has 0 saturated carbocycles. The maximum absolute atomic E-state index is 11.3. The molecule has 3 aromatic rings. The molecule has 0 radical (unpaired) electrons. The number of hydrogen-bond donors (Lipinski definition) is 1. The Labute approximate surface area is 130 Å². The molecular weight excluding hydrogens is 272 g/mol. The molecule has 22 heavy (non-hydrogen) atoms. The molecule has 0 fully saturated rings. The van der Waals surface area contributed by atoms with Gasteiger partial charge in [0.2, 0.25) is 0 Å². The topological polar surface area (TPSA) is 46.0 Å². The Kier molecular flexibility index (Phi) is 3.98. The van der Waals surface area contributed by atoms with Crippen LogP contribution in [-0.2, 0) is 5.60 Å². The van der Waals surface area contributed by atoms with Gasteiger partial charge in [0.05, 0.1) is 17.2 Å². The zero-order valence-corrected chi connectivity index (χ0v) is 12.4. The molecule has 3 nitrogen and oxygen atoms in total. The van der Waals surface area contributed by atoms with Crippen LogP contribution in [0, 0.1) is 0 Å². The van der Waals surface area contributed by atoms with Crippen LogP contribution in [0.1, 0.15) is 29.7 Å². The van der Waals surface area contributed by atoms with Crippen molar-refractivity contribution in [3.05, 3.63) is 96.1 Å². The smallest absolute Gasteiger partial charge is 0.0993 e. The first kappa shape index (κ1) is 14.4. The summed E-state index contributed by atoms with van der Waals surface area (Å²) in [5.74, 6) is -0.253. The van der Waals surface area contributed by atoms with Crippen molar-refractivity contribution in [2.24, 2.45) is 0 Å². The van der Waals surface area contributed by atoms with E-state index in [4.69, 9.17) is 0 Å². The fraction of sp³-hybridized carbons (Fsp3) is 0.158. The van der Waals surface area contributed by atoms with Crippen LogP contribution in [0.4, 0.5) is 0 Å². The minimum absolute atomic E-state index is 0.253. The summed E-state index contributed by atoms with van der Waals surface area (Å²) in [6.45, 7) is 1.83. The summed E-state index contributed by atoms with van der Waals surface area (Å²) in [5.41, 5.74) is 1.61. The Balaban J connectivity index is 2.14. The van der Waals surface area contributed by atoms with E-state index >= 15 is 0 Å². The summed E-state index contributed by atoms with van der Waals surface area (Å²) in [6, 6.07) is 19.4. The van der Waals surface area contributed by atoms with Crippen molar-refractivity contribution < 1.29 is 5.11 Å². The Hall–Kier alpha value is -2.52. The molecule has 1 aromatic carbocycles. The minimum Gasteiger partial charge on any atom is -0.384 e. The Morgan fingerprint density at radius 1 is 0.864 bits per heavy atom. The van der Waals surface area contributed by atoms with Gasteiger partial charge in [0.1, 0.15) is 0 Å². The zero-order chi connectivity index (χ0) is 15.4. The van der Waals surface area contributed by atoms with Gasteiger partial charge in [0.15, 0.2) is 0 Å². The van der Waals surface area contributed by atoms with Crippen molar-refractivity contribution in [3.63, 3.8) is 0 Å². The van der Waals surface area contributed by atoms with E-state index < -0.39 is 5.60 Å². The number of rotatable bonds is 4. The molecule has 0 bridgehead atoms. The molecule has 3 rings (SSSR count). The van der Waals surface area contributed by atoms with Crippen LogP contribution in [0.25, 0.3) is 0 Å². The van der Waals surface area contributed by atoms with Gasteiger partial charge in [-0.25, -0.2) is 0 Å². The van der Waals surface area contributed by atoms with Crippen molar-refractivity contribution in [1.82, 2.24) is 9.97 Å². The molecule has 3 heteroatoms. The molecule has 0 amide bonds. The molecule has 0 aliphatic heterocycles. The molecule has 0 saturated heterocycles. The molecule has 0 spiro atoms. The first-order valence-electron chi connectivity index (χ1n) is 7.28. The van der Waals surface area contributed by atoms with Crippen molar-refractivity contribution in [2.45, 2.75) is 18.4 Å². The van der Waals surface area contributed by atoms with Crippen LogP contribution in [0.3, 0.4) is 0 Å². The predicted molar refractivity (Wildman–Crippen MR) is 86.3 cm³/mol. The highest BCUT2D eigenvalue weighted by Gasteiger charge is 2.36. The molecule has 1 N–H and O–H groups in total. The van der Waals surface area contributed by atoms with Gasteiger partial charge in [0, 0.05) is 18.6 Å². The van der Waals surface area contributed by atoms with Crippen molar-refractivity contribution in [1.29, 1.82) is 0 Å². The summed E-state index contributed by atoms with van der Waals surface area (Å²) >= 11 is 0. The third kappa shape index (κ3) is 2.76. The summed E-state index contributed by atoms with van der Waals surface area (Å²) in [5, 5.41) is 11.3. The van der Waals surface area contributed by atoms with Crippen molar-refractivity contribution >= 4 is 0 Å². The van der Waals surface area contributed by atoms with E-state index in [2.05, 4.69) is 9.97 Å². The lowest BCUT2D eigenvalue weighted by atomic mass is 9.77. The van der Waals surface area contributed by atoms with Crippen LogP contribution in [0.5, 0.6) is 0 Å². The number of benzene rings is 1. The quantitative estimate of drug-likeness (QED) is 0.799. The number of nitrogens with zero attached hydrogens (tertiary/aromatic N) is 2.